The van der Waals surface area contributed by atoms with E-state index in [4.69, 9.17) is 9.15 Å². The van der Waals surface area contributed by atoms with Crippen molar-refractivity contribution < 1.29 is 9.15 Å². The number of hydrogen-bond donors (Lipinski definition) is 1. The Kier molecular flexibility index (Phi) is 3.30. The van der Waals surface area contributed by atoms with E-state index in [0.29, 0.717) is 6.10 Å². The molecule has 4 nitrogen and oxygen atoms in total. The molecule has 1 atom stereocenters. The van der Waals surface area contributed by atoms with E-state index < -0.39 is 0 Å². The number of aromatic nitrogens is 1. The molecule has 0 spiro atoms. The van der Waals surface area contributed by atoms with Crippen LogP contribution in [0.3, 0.4) is 0 Å². The average Bonchev–Trinajstić information content (AvgIpc) is 2.77. The van der Waals surface area contributed by atoms with E-state index >= 15 is 0 Å². The number of ether oxygens (including phenoxy) is 1. The highest BCUT2D eigenvalue weighted by atomic mass is 16.5. The molecule has 3 rings (SSSR count). The molecule has 96 valence electrons. The highest BCUT2D eigenvalue weighted by molar-refractivity contribution is 5.73. The largest absolute Gasteiger partial charge is 0.441 e. The summed E-state index contributed by atoms with van der Waals surface area (Å²) in [6.45, 7) is 4.64. The van der Waals surface area contributed by atoms with Crippen LogP contribution in [-0.2, 0) is 11.2 Å². The van der Waals surface area contributed by atoms with Crippen LogP contribution in [0.5, 0.6) is 0 Å². The lowest BCUT2D eigenvalue weighted by Crippen LogP contribution is -2.38. The summed E-state index contributed by atoms with van der Waals surface area (Å²) >= 11 is 0. The van der Waals surface area contributed by atoms with Gasteiger partial charge in [0.25, 0.3) is 0 Å². The first-order chi connectivity index (χ1) is 8.81. The molecule has 0 aliphatic carbocycles. The number of morpholine rings is 1. The second kappa shape index (κ2) is 5.08. The molecule has 1 unspecified atom stereocenters. The lowest BCUT2D eigenvalue weighted by atomic mass is 10.1. The Morgan fingerprint density at radius 3 is 3.22 bits per heavy atom. The third-order valence-corrected chi connectivity index (χ3v) is 3.32. The fourth-order valence-electron chi connectivity index (χ4n) is 2.38. The number of oxazole rings is 1. The maximum absolute atomic E-state index is 5.69. The number of nitrogens with one attached hydrogen (secondary N) is 1. The zero-order valence-electron chi connectivity index (χ0n) is 10.6. The van der Waals surface area contributed by atoms with E-state index in [2.05, 4.69) is 22.4 Å². The summed E-state index contributed by atoms with van der Waals surface area (Å²) in [7, 11) is 0. The highest BCUT2D eigenvalue weighted by Gasteiger charge is 2.13. The van der Waals surface area contributed by atoms with Crippen molar-refractivity contribution in [1.29, 1.82) is 0 Å². The molecule has 1 aromatic carbocycles. The summed E-state index contributed by atoms with van der Waals surface area (Å²) in [6.07, 6.45) is 2.41. The minimum Gasteiger partial charge on any atom is -0.441 e. The Bertz CT molecular complexity index is 530. The van der Waals surface area contributed by atoms with E-state index in [1.807, 2.05) is 13.0 Å². The van der Waals surface area contributed by atoms with Crippen LogP contribution < -0.4 is 5.32 Å². The summed E-state index contributed by atoms with van der Waals surface area (Å²) in [5.41, 5.74) is 3.12. The van der Waals surface area contributed by atoms with Gasteiger partial charge in [-0.1, -0.05) is 6.07 Å². The zero-order chi connectivity index (χ0) is 12.4. The predicted octanol–water partition coefficient (Wildman–Crippen LogP) is 2.06. The Morgan fingerprint density at radius 1 is 1.44 bits per heavy atom. The van der Waals surface area contributed by atoms with Crippen LogP contribution in [0, 0.1) is 6.92 Å². The molecule has 0 radical (unpaired) electrons. The molecule has 4 heteroatoms. The van der Waals surface area contributed by atoms with Gasteiger partial charge in [0.1, 0.15) is 5.52 Å². The smallest absolute Gasteiger partial charge is 0.192 e. The first kappa shape index (κ1) is 11.7. The lowest BCUT2D eigenvalue weighted by molar-refractivity contribution is 0.0238. The van der Waals surface area contributed by atoms with Crippen molar-refractivity contribution >= 4 is 11.1 Å². The monoisotopic (exact) mass is 246 g/mol. The van der Waals surface area contributed by atoms with Crippen molar-refractivity contribution in [1.82, 2.24) is 10.3 Å². The van der Waals surface area contributed by atoms with Gasteiger partial charge in [-0.05, 0) is 30.5 Å². The van der Waals surface area contributed by atoms with Crippen LogP contribution in [-0.4, -0.2) is 30.8 Å². The Balaban J connectivity index is 1.66. The summed E-state index contributed by atoms with van der Waals surface area (Å²) in [5.74, 6) is 0.724. The second-order valence-corrected chi connectivity index (χ2v) is 4.77. The number of rotatable bonds is 3. The molecule has 1 N–H and O–H groups in total. The number of benzene rings is 1. The molecular weight excluding hydrogens is 228 g/mol. The van der Waals surface area contributed by atoms with Crippen LogP contribution in [0.2, 0.25) is 0 Å². The molecule has 1 aliphatic rings. The van der Waals surface area contributed by atoms with Crippen molar-refractivity contribution in [3.8, 4) is 0 Å². The summed E-state index contributed by atoms with van der Waals surface area (Å²) < 4.78 is 11.2. The fraction of sp³-hybridized carbons (Fsp3) is 0.500. The third-order valence-electron chi connectivity index (χ3n) is 3.32. The minimum absolute atomic E-state index is 0.341. The van der Waals surface area contributed by atoms with E-state index in [1.54, 1.807) is 0 Å². The van der Waals surface area contributed by atoms with Gasteiger partial charge < -0.3 is 14.5 Å². The topological polar surface area (TPSA) is 47.3 Å². The van der Waals surface area contributed by atoms with E-state index in [1.165, 1.54) is 5.56 Å². The van der Waals surface area contributed by atoms with Gasteiger partial charge in [-0.3, -0.25) is 0 Å². The van der Waals surface area contributed by atoms with Crippen LogP contribution in [0.25, 0.3) is 11.1 Å². The van der Waals surface area contributed by atoms with Crippen molar-refractivity contribution in [2.75, 3.05) is 19.7 Å². The molecule has 0 bridgehead atoms. The van der Waals surface area contributed by atoms with Gasteiger partial charge in [0.15, 0.2) is 11.5 Å². The van der Waals surface area contributed by atoms with E-state index in [0.717, 1.165) is 49.5 Å². The quantitative estimate of drug-likeness (QED) is 0.900. The maximum Gasteiger partial charge on any atom is 0.192 e. The first-order valence-electron chi connectivity index (χ1n) is 6.50. The van der Waals surface area contributed by atoms with Crippen LogP contribution in [0.4, 0.5) is 0 Å². The minimum atomic E-state index is 0.341. The molecule has 1 saturated heterocycles. The van der Waals surface area contributed by atoms with E-state index in [-0.39, 0.29) is 0 Å². The van der Waals surface area contributed by atoms with Gasteiger partial charge in [0.05, 0.1) is 12.7 Å². The van der Waals surface area contributed by atoms with Crippen molar-refractivity contribution in [2.24, 2.45) is 0 Å². The Labute approximate surface area is 106 Å². The molecule has 0 amide bonds. The number of aryl methyl sites for hydroxylation is 2. The van der Waals surface area contributed by atoms with E-state index in [9.17, 15) is 0 Å². The molecule has 18 heavy (non-hydrogen) atoms. The fourth-order valence-corrected chi connectivity index (χ4v) is 2.38. The molecule has 0 saturated carbocycles. The summed E-state index contributed by atoms with van der Waals surface area (Å²) in [5, 5.41) is 3.35. The van der Waals surface area contributed by atoms with Crippen molar-refractivity contribution in [3.05, 3.63) is 29.7 Å². The van der Waals surface area contributed by atoms with Gasteiger partial charge >= 0.3 is 0 Å². The number of fused-ring (bicyclic) bond motifs is 1. The number of nitrogens with zero attached hydrogens (tertiary/aromatic N) is 1. The normalized spacial score (nSPS) is 20.4. The molecule has 2 heterocycles. The standard InChI is InChI=1S/C14H18N2O2/c1-10-16-13-8-11(3-5-14(13)18-10)2-4-12-9-15-6-7-17-12/h3,5,8,12,15H,2,4,6-7,9H2,1H3. The summed E-state index contributed by atoms with van der Waals surface area (Å²) in [4.78, 5) is 4.36. The van der Waals surface area contributed by atoms with Crippen LogP contribution in [0.15, 0.2) is 22.6 Å². The van der Waals surface area contributed by atoms with Crippen molar-refractivity contribution in [3.63, 3.8) is 0 Å². The SMILES string of the molecule is Cc1nc2cc(CCC3CNCCO3)ccc2o1. The molecule has 2 aromatic rings. The molecule has 1 aliphatic heterocycles. The average molecular weight is 246 g/mol. The van der Waals surface area contributed by atoms with Gasteiger partial charge in [0, 0.05) is 20.0 Å². The first-order valence-corrected chi connectivity index (χ1v) is 6.50. The Morgan fingerprint density at radius 2 is 2.39 bits per heavy atom. The Hall–Kier alpha value is -1.39. The van der Waals surface area contributed by atoms with Crippen LogP contribution in [0.1, 0.15) is 17.9 Å². The predicted molar refractivity (Wildman–Crippen MR) is 69.7 cm³/mol. The molecular formula is C14H18N2O2. The second-order valence-electron chi connectivity index (χ2n) is 4.77. The maximum atomic E-state index is 5.69. The summed E-state index contributed by atoms with van der Waals surface area (Å²) in [6, 6.07) is 6.23. The number of hydrogen-bond acceptors (Lipinski definition) is 4. The van der Waals surface area contributed by atoms with Crippen molar-refractivity contribution in [2.45, 2.75) is 25.9 Å². The third kappa shape index (κ3) is 2.54. The molecule has 1 fully saturated rings. The molecule has 1 aromatic heterocycles. The highest BCUT2D eigenvalue weighted by Crippen LogP contribution is 2.18. The zero-order valence-corrected chi connectivity index (χ0v) is 10.6. The van der Waals surface area contributed by atoms with Crippen LogP contribution >= 0.6 is 0 Å². The van der Waals surface area contributed by atoms with Gasteiger partial charge in [0.2, 0.25) is 0 Å². The van der Waals surface area contributed by atoms with Gasteiger partial charge in [-0.25, -0.2) is 4.98 Å². The van der Waals surface area contributed by atoms with Gasteiger partial charge in [-0.15, -0.1) is 0 Å². The van der Waals surface area contributed by atoms with Gasteiger partial charge in [-0.2, -0.15) is 0 Å². The lowest BCUT2D eigenvalue weighted by Gasteiger charge is -2.23.